The summed E-state index contributed by atoms with van der Waals surface area (Å²) in [4.78, 5) is 148. The first-order valence-corrected chi connectivity index (χ1v) is 34.6. The van der Waals surface area contributed by atoms with Crippen LogP contribution in [0.5, 0.6) is 5.75 Å². The van der Waals surface area contributed by atoms with Gasteiger partial charge in [0.15, 0.2) is 11.6 Å². The Balaban J connectivity index is 1.23. The lowest BCUT2D eigenvalue weighted by atomic mass is 9.89. The number of Topliss-reactive ketones (excluding diaryl/α,β-unsaturated/α-hetero) is 2. The van der Waals surface area contributed by atoms with Gasteiger partial charge in [0.25, 0.3) is 0 Å². The number of ketones is 2. The minimum absolute atomic E-state index is 0.0546. The number of primary amides is 2. The molecule has 8 amide bonds. The van der Waals surface area contributed by atoms with E-state index < -0.39 is 126 Å². The molecule has 1 fully saturated rings. The number of nitrogens with one attached hydrogen (secondary N) is 7. The fraction of sp³-hybridized carbons (Fsp3) is 0.500. The molecule has 2 heterocycles. The van der Waals surface area contributed by atoms with Crippen molar-refractivity contribution in [2.45, 2.75) is 179 Å². The van der Waals surface area contributed by atoms with Gasteiger partial charge >= 0.3 is 0 Å². The summed E-state index contributed by atoms with van der Waals surface area (Å²) in [6.45, 7) is 12.0. The van der Waals surface area contributed by atoms with E-state index in [9.17, 15) is 58.2 Å². The van der Waals surface area contributed by atoms with Crippen LogP contribution < -0.4 is 48.7 Å². The number of likely N-dealkylation sites (tertiary alicyclic amines) is 1. The third kappa shape index (κ3) is 26.2. The molecular formula is C74H101ClN12O12. The summed E-state index contributed by atoms with van der Waals surface area (Å²) in [5.74, 6) is -8.19. The molecule has 1 saturated heterocycles. The van der Waals surface area contributed by atoms with Gasteiger partial charge in [0.1, 0.15) is 23.9 Å². The molecule has 25 heteroatoms. The molecule has 536 valence electrons. The predicted octanol–water partition coefficient (Wildman–Crippen LogP) is 4.30. The number of aromatic hydroxyl groups is 1. The van der Waals surface area contributed by atoms with E-state index in [-0.39, 0.29) is 68.3 Å². The van der Waals surface area contributed by atoms with Gasteiger partial charge in [-0.3, -0.25) is 52.9 Å². The fourth-order valence-corrected chi connectivity index (χ4v) is 12.6. The summed E-state index contributed by atoms with van der Waals surface area (Å²) in [5, 5.41) is 44.6. The number of hydrogen-bond acceptors (Lipinski definition) is 16. The van der Waals surface area contributed by atoms with E-state index in [4.69, 9.17) is 23.1 Å². The van der Waals surface area contributed by atoms with Crippen molar-refractivity contribution in [2.75, 3.05) is 39.8 Å². The Kier molecular flexibility index (Phi) is 31.9. The molecule has 13 N–H and O–H groups in total. The number of unbranched alkanes of at least 4 members (excludes halogenated alkanes) is 1. The molecule has 0 spiro atoms. The van der Waals surface area contributed by atoms with Gasteiger partial charge in [0.2, 0.25) is 47.3 Å². The molecule has 10 atom stereocenters. The van der Waals surface area contributed by atoms with Crippen LogP contribution in [0, 0.1) is 17.8 Å². The number of fused-ring (bicyclic) bond motifs is 1. The van der Waals surface area contributed by atoms with Crippen LogP contribution in [0.1, 0.15) is 122 Å². The number of phenols is 1. The molecule has 1 aromatic heterocycles. The highest BCUT2D eigenvalue weighted by Crippen LogP contribution is 2.25. The quantitative estimate of drug-likeness (QED) is 0.0243. The van der Waals surface area contributed by atoms with Crippen molar-refractivity contribution in [1.82, 2.24) is 52.0 Å². The van der Waals surface area contributed by atoms with Crippen molar-refractivity contribution < 1.29 is 58.2 Å². The zero-order chi connectivity index (χ0) is 72.3. The molecule has 4 aromatic carbocycles. The number of hydrogen-bond donors (Lipinski definition) is 11. The van der Waals surface area contributed by atoms with Crippen LogP contribution in [0.3, 0.4) is 0 Å². The molecule has 99 heavy (non-hydrogen) atoms. The van der Waals surface area contributed by atoms with Crippen LogP contribution >= 0.6 is 11.6 Å². The zero-order valence-corrected chi connectivity index (χ0v) is 58.7. The number of benzene rings is 4. The summed E-state index contributed by atoms with van der Waals surface area (Å²) in [7, 11) is 1.27. The Morgan fingerprint density at radius 1 is 0.657 bits per heavy atom. The standard InChI is InChI=1S/C74H101ClN12O12/c1-45(2)32-53(42-81-60(18-10-11-30-79-46(3)4)74(99)87-31-13-17-58(87)43-80-47(5)69(77)94)38-66(91)62(40-68(76)93)84-72(97)65(37-50-22-27-59(90)28-23-50)86(7)73(98)64(44-88)85-70(95)56(34-52-14-12-29-78-41-52)39-67(92)61(35-49-20-25-57(75)26-21-49)83-71(96)63(82-48(6)89)36-51-19-24-54-15-8-9-16-55(54)33-51/h8-9,12,14-16,19-29,33,41,45-47,53,56,58,60-65,79-81,88,90H,10-11,13,17-18,30-32,34-40,42-44H2,1-7H3,(H2,76,93)(H2,77,94)(H,82,89)(H,83,96)(H,84,97)(H,85,95)/t47-,53-,56+,58+,60+,61-,62-,63-,64+,65+/m1/s1. The van der Waals surface area contributed by atoms with Crippen LogP contribution in [-0.2, 0) is 73.6 Å². The lowest BCUT2D eigenvalue weighted by molar-refractivity contribution is -0.144. The van der Waals surface area contributed by atoms with Crippen LogP contribution in [0.4, 0.5) is 0 Å². The number of halogens is 1. The lowest BCUT2D eigenvalue weighted by Crippen LogP contribution is -2.58. The maximum atomic E-state index is 15.0. The number of aliphatic hydroxyl groups excluding tert-OH is 1. The number of aliphatic hydroxyl groups is 1. The molecular weight excluding hydrogens is 1280 g/mol. The van der Waals surface area contributed by atoms with Crippen molar-refractivity contribution in [3.05, 3.63) is 143 Å². The summed E-state index contributed by atoms with van der Waals surface area (Å²) >= 11 is 6.25. The Morgan fingerprint density at radius 3 is 1.95 bits per heavy atom. The summed E-state index contributed by atoms with van der Waals surface area (Å²) in [6, 6.07) is 20.9. The highest BCUT2D eigenvalue weighted by Gasteiger charge is 2.39. The molecule has 0 aliphatic carbocycles. The molecule has 1 aliphatic heterocycles. The second kappa shape index (κ2) is 39.8. The van der Waals surface area contributed by atoms with Crippen LogP contribution in [0.2, 0.25) is 5.02 Å². The highest BCUT2D eigenvalue weighted by molar-refractivity contribution is 6.30. The van der Waals surface area contributed by atoms with Gasteiger partial charge in [0, 0.05) is 88.2 Å². The number of nitrogens with zero attached hydrogens (tertiary/aromatic N) is 3. The lowest BCUT2D eigenvalue weighted by Gasteiger charge is -2.32. The van der Waals surface area contributed by atoms with Gasteiger partial charge in [0.05, 0.1) is 37.2 Å². The smallest absolute Gasteiger partial charge is 0.247 e. The Morgan fingerprint density at radius 2 is 1.30 bits per heavy atom. The molecule has 0 bridgehead atoms. The van der Waals surface area contributed by atoms with Crippen LogP contribution in [0.15, 0.2) is 116 Å². The number of likely N-dealkylation sites (N-methyl/N-ethyl adjacent to an activating group) is 1. The largest absolute Gasteiger partial charge is 0.508 e. The normalized spacial score (nSPS) is 15.7. The molecule has 5 aromatic rings. The minimum atomic E-state index is -1.74. The maximum absolute atomic E-state index is 15.0. The Hall–Kier alpha value is -8.68. The van der Waals surface area contributed by atoms with Gasteiger partial charge in [-0.1, -0.05) is 119 Å². The van der Waals surface area contributed by atoms with Crippen molar-refractivity contribution in [3.63, 3.8) is 0 Å². The third-order valence-corrected chi connectivity index (χ3v) is 18.1. The van der Waals surface area contributed by atoms with Crippen LogP contribution in [-0.4, -0.2) is 178 Å². The average Bonchev–Trinajstić information content (AvgIpc) is 1.67. The van der Waals surface area contributed by atoms with E-state index in [1.807, 2.05) is 61.2 Å². The number of pyridine rings is 1. The van der Waals surface area contributed by atoms with Crippen molar-refractivity contribution in [1.29, 1.82) is 0 Å². The van der Waals surface area contributed by atoms with E-state index in [0.717, 1.165) is 47.0 Å². The third-order valence-electron chi connectivity index (χ3n) is 17.9. The number of phenolic OH excluding ortho intramolecular Hbond substituents is 1. The number of aromatic nitrogens is 1. The van der Waals surface area contributed by atoms with E-state index in [1.54, 1.807) is 43.3 Å². The van der Waals surface area contributed by atoms with Crippen LogP contribution in [0.25, 0.3) is 10.8 Å². The van der Waals surface area contributed by atoms with E-state index in [2.05, 4.69) is 56.0 Å². The number of nitrogens with two attached hydrogens (primary N) is 2. The summed E-state index contributed by atoms with van der Waals surface area (Å²) in [6.07, 6.45) is 5.48. The van der Waals surface area contributed by atoms with E-state index in [0.29, 0.717) is 54.1 Å². The first kappa shape index (κ1) is 79.3. The topological polar surface area (TPSA) is 367 Å². The molecule has 0 radical (unpaired) electrons. The Labute approximate surface area is 585 Å². The van der Waals surface area contributed by atoms with E-state index in [1.165, 1.54) is 50.6 Å². The molecule has 0 saturated carbocycles. The Bertz CT molecular complexity index is 3510. The molecule has 24 nitrogen and oxygen atoms in total. The zero-order valence-electron chi connectivity index (χ0n) is 58.0. The SMILES string of the molecule is CC(=O)N[C@H](Cc1ccc2ccccc2c1)C(=O)N[C@H](Cc1ccc(Cl)cc1)C(=O)C[C@H](Cc1cccnc1)C(=O)N[C@@H](CO)C(=O)N(C)[C@@H](Cc1ccc(O)cc1)C(=O)N[C@H](CC(N)=O)C(=O)C[C@H](CN[C@@H](CCCCNC(C)C)C(=O)N1CCC[C@H]1CN[C@H](C)C(N)=O)CC(C)C. The van der Waals surface area contributed by atoms with Crippen molar-refractivity contribution in [2.24, 2.45) is 29.2 Å². The van der Waals surface area contributed by atoms with Gasteiger partial charge in [-0.15, -0.1) is 0 Å². The highest BCUT2D eigenvalue weighted by atomic mass is 35.5. The molecule has 1 aliphatic rings. The maximum Gasteiger partial charge on any atom is 0.247 e. The monoisotopic (exact) mass is 1380 g/mol. The summed E-state index contributed by atoms with van der Waals surface area (Å²) in [5.41, 5.74) is 13.6. The first-order valence-electron chi connectivity index (χ1n) is 34.3. The fourth-order valence-electron chi connectivity index (χ4n) is 12.5. The number of carbonyl (C=O) groups is 10. The molecule has 6 rings (SSSR count). The molecule has 0 unspecified atom stereocenters. The van der Waals surface area contributed by atoms with Crippen molar-refractivity contribution >= 4 is 81.2 Å². The predicted molar refractivity (Wildman–Crippen MR) is 379 cm³/mol. The average molecular weight is 1390 g/mol. The second-order valence-electron chi connectivity index (χ2n) is 26.9. The second-order valence-corrected chi connectivity index (χ2v) is 27.3. The minimum Gasteiger partial charge on any atom is -0.508 e. The van der Waals surface area contributed by atoms with Gasteiger partial charge < -0.3 is 68.7 Å². The van der Waals surface area contributed by atoms with Gasteiger partial charge in [-0.2, -0.15) is 0 Å². The van der Waals surface area contributed by atoms with Crippen molar-refractivity contribution in [3.8, 4) is 5.75 Å². The number of carbonyl (C=O) groups excluding carboxylic acids is 10. The van der Waals surface area contributed by atoms with Gasteiger partial charge in [-0.25, -0.2) is 0 Å². The van der Waals surface area contributed by atoms with E-state index >= 15 is 0 Å². The first-order chi connectivity index (χ1) is 47.2. The summed E-state index contributed by atoms with van der Waals surface area (Å²) < 4.78 is 0. The van der Waals surface area contributed by atoms with Gasteiger partial charge in [-0.05, 0) is 140 Å². The number of rotatable bonds is 42. The number of amides is 8.